The maximum atomic E-state index is 6.02. The van der Waals surface area contributed by atoms with Crippen LogP contribution in [0, 0.1) is 0 Å². The summed E-state index contributed by atoms with van der Waals surface area (Å²) in [6.45, 7) is 12.6. The van der Waals surface area contributed by atoms with Crippen LogP contribution in [0.3, 0.4) is 0 Å². The fourth-order valence-corrected chi connectivity index (χ4v) is 5.29. The number of para-hydroxylation sites is 1. The molecule has 1 saturated heterocycles. The second-order valence-corrected chi connectivity index (χ2v) is 10.6. The Hall–Kier alpha value is -2.68. The molecule has 0 amide bonds. The van der Waals surface area contributed by atoms with Crippen LogP contribution < -0.4 is 0 Å². The molecule has 1 aromatic heterocycles. The fraction of sp³-hybridized carbons (Fsp3) is 0.529. The Morgan fingerprint density at radius 2 is 1.59 bits per heavy atom. The van der Waals surface area contributed by atoms with Crippen molar-refractivity contribution in [2.75, 3.05) is 13.1 Å². The maximum Gasteiger partial charge on any atom is 0.188 e. The van der Waals surface area contributed by atoms with E-state index in [4.69, 9.17) is 4.74 Å². The third kappa shape index (κ3) is 10.3. The lowest BCUT2D eigenvalue weighted by atomic mass is 9.89. The van der Waals surface area contributed by atoms with Gasteiger partial charge in [0.2, 0.25) is 0 Å². The molecule has 0 saturated carbocycles. The number of likely N-dealkylation sites (tertiary alicyclic amines) is 1. The molecule has 0 unspecified atom stereocenters. The lowest BCUT2D eigenvalue weighted by Crippen LogP contribution is -2.32. The van der Waals surface area contributed by atoms with Gasteiger partial charge in [0, 0.05) is 36.6 Å². The van der Waals surface area contributed by atoms with Gasteiger partial charge in [0.1, 0.15) is 0 Å². The normalized spacial score (nSPS) is 14.8. The van der Waals surface area contributed by atoms with Crippen LogP contribution in [-0.4, -0.2) is 23.0 Å². The molecule has 0 atom stereocenters. The molecule has 2 aromatic rings. The minimum absolute atomic E-state index is 0.594. The van der Waals surface area contributed by atoms with Crippen molar-refractivity contribution in [3.8, 4) is 0 Å². The van der Waals surface area contributed by atoms with E-state index in [1.54, 1.807) is 0 Å². The van der Waals surface area contributed by atoms with E-state index in [0.29, 0.717) is 5.92 Å². The van der Waals surface area contributed by atoms with Crippen molar-refractivity contribution in [3.63, 3.8) is 0 Å². The van der Waals surface area contributed by atoms with E-state index in [2.05, 4.69) is 84.7 Å². The zero-order valence-corrected chi connectivity index (χ0v) is 23.4. The highest BCUT2D eigenvalue weighted by Crippen LogP contribution is 2.34. The summed E-state index contributed by atoms with van der Waals surface area (Å²) in [5.74, 6) is 2.22. The standard InChI is InChI=1S/C34H50N2O/c1-4-5-6-7-8-9-10-11-12-13-14-15-16-17-18-21-29(2)37-30(3)36-26-24-31(25-27-36)33-28-35-34-23-20-19-22-32(33)34/h8-9,11-12,19-20,22-23,28,31,35H,2-7,10,13-18,21,24-27H2,1H3/b9-8-,12-11-. The summed E-state index contributed by atoms with van der Waals surface area (Å²) in [6, 6.07) is 8.61. The van der Waals surface area contributed by atoms with Crippen molar-refractivity contribution in [1.29, 1.82) is 0 Å². The first kappa shape index (κ1) is 28.9. The Labute approximate surface area is 226 Å². The first-order chi connectivity index (χ1) is 18.2. The number of aromatic amines is 1. The van der Waals surface area contributed by atoms with Crippen LogP contribution in [0.25, 0.3) is 10.9 Å². The van der Waals surface area contributed by atoms with Crippen molar-refractivity contribution in [2.24, 2.45) is 0 Å². The van der Waals surface area contributed by atoms with Gasteiger partial charge in [0.05, 0.1) is 5.76 Å². The molecule has 3 rings (SSSR count). The second-order valence-electron chi connectivity index (χ2n) is 10.6. The van der Waals surface area contributed by atoms with E-state index in [1.165, 1.54) is 74.3 Å². The second kappa shape index (κ2) is 16.9. The van der Waals surface area contributed by atoms with Gasteiger partial charge in [-0.1, -0.05) is 88.1 Å². The molecular weight excluding hydrogens is 452 g/mol. The molecule has 0 spiro atoms. The van der Waals surface area contributed by atoms with Gasteiger partial charge < -0.3 is 14.6 Å². The highest BCUT2D eigenvalue weighted by atomic mass is 16.5. The Kier molecular flexibility index (Phi) is 13.2. The minimum atomic E-state index is 0.594. The van der Waals surface area contributed by atoms with Gasteiger partial charge in [-0.15, -0.1) is 0 Å². The van der Waals surface area contributed by atoms with Crippen LogP contribution in [-0.2, 0) is 4.74 Å². The topological polar surface area (TPSA) is 28.3 Å². The minimum Gasteiger partial charge on any atom is -0.447 e. The van der Waals surface area contributed by atoms with Gasteiger partial charge in [-0.05, 0) is 75.5 Å². The number of piperidine rings is 1. The lowest BCUT2D eigenvalue weighted by Gasteiger charge is -2.34. The molecular formula is C34H50N2O. The van der Waals surface area contributed by atoms with E-state index in [0.717, 1.165) is 56.8 Å². The smallest absolute Gasteiger partial charge is 0.188 e. The largest absolute Gasteiger partial charge is 0.447 e. The average Bonchev–Trinajstić information content (AvgIpc) is 3.35. The number of nitrogens with one attached hydrogen (secondary N) is 1. The molecule has 0 bridgehead atoms. The molecule has 3 heteroatoms. The molecule has 1 aliphatic rings. The molecule has 0 aliphatic carbocycles. The Morgan fingerprint density at radius 3 is 2.35 bits per heavy atom. The summed E-state index contributed by atoms with van der Waals surface area (Å²) in [5, 5.41) is 1.36. The number of unbranched alkanes of at least 4 members (excludes halogenated alkanes) is 8. The summed E-state index contributed by atoms with van der Waals surface area (Å²) in [4.78, 5) is 5.71. The predicted molar refractivity (Wildman–Crippen MR) is 161 cm³/mol. The molecule has 37 heavy (non-hydrogen) atoms. The van der Waals surface area contributed by atoms with Crippen LogP contribution in [0.4, 0.5) is 0 Å². The third-order valence-electron chi connectivity index (χ3n) is 7.58. The Morgan fingerprint density at radius 1 is 0.919 bits per heavy atom. The zero-order valence-electron chi connectivity index (χ0n) is 23.4. The van der Waals surface area contributed by atoms with E-state index in [-0.39, 0.29) is 0 Å². The first-order valence-electron chi connectivity index (χ1n) is 14.8. The summed E-state index contributed by atoms with van der Waals surface area (Å²) < 4.78 is 6.02. The SMILES string of the molecule is C=C(CCCCCCC/C=C\C/C=C\CCCCC)OC(=C)N1CCC(c2c[nH]c3ccccc23)CC1. The average molecular weight is 503 g/mol. The van der Waals surface area contributed by atoms with Crippen LogP contribution in [0.2, 0.25) is 0 Å². The van der Waals surface area contributed by atoms with Crippen molar-refractivity contribution in [1.82, 2.24) is 9.88 Å². The van der Waals surface area contributed by atoms with E-state index in [1.807, 2.05) is 0 Å². The molecule has 1 aliphatic heterocycles. The van der Waals surface area contributed by atoms with E-state index < -0.39 is 0 Å². The molecule has 1 aromatic carbocycles. The zero-order chi connectivity index (χ0) is 26.1. The predicted octanol–water partition coefficient (Wildman–Crippen LogP) is 10.2. The van der Waals surface area contributed by atoms with Gasteiger partial charge in [-0.3, -0.25) is 0 Å². The van der Waals surface area contributed by atoms with Gasteiger partial charge in [-0.25, -0.2) is 0 Å². The van der Waals surface area contributed by atoms with Gasteiger partial charge in [0.15, 0.2) is 5.88 Å². The number of ether oxygens (including phenoxy) is 1. The van der Waals surface area contributed by atoms with Gasteiger partial charge in [0.25, 0.3) is 0 Å². The van der Waals surface area contributed by atoms with E-state index >= 15 is 0 Å². The molecule has 2 heterocycles. The number of rotatable bonds is 18. The third-order valence-corrected chi connectivity index (χ3v) is 7.58. The highest BCUT2D eigenvalue weighted by molar-refractivity contribution is 5.83. The van der Waals surface area contributed by atoms with Crippen molar-refractivity contribution in [3.05, 3.63) is 85.1 Å². The lowest BCUT2D eigenvalue weighted by molar-refractivity contribution is 0.134. The maximum absolute atomic E-state index is 6.02. The number of H-pyrrole nitrogens is 1. The van der Waals surface area contributed by atoms with Crippen molar-refractivity contribution < 1.29 is 4.74 Å². The molecule has 1 fully saturated rings. The molecule has 202 valence electrons. The summed E-state index contributed by atoms with van der Waals surface area (Å²) in [6.07, 6.45) is 28.5. The van der Waals surface area contributed by atoms with Crippen molar-refractivity contribution in [2.45, 2.75) is 103 Å². The molecule has 3 nitrogen and oxygen atoms in total. The number of nitrogens with zero attached hydrogens (tertiary/aromatic N) is 1. The molecule has 0 radical (unpaired) electrons. The number of allylic oxidation sites excluding steroid dienone is 5. The number of hydrogen-bond acceptors (Lipinski definition) is 2. The van der Waals surface area contributed by atoms with Crippen LogP contribution in [0.15, 0.2) is 79.6 Å². The van der Waals surface area contributed by atoms with Crippen LogP contribution in [0.5, 0.6) is 0 Å². The summed E-state index contributed by atoms with van der Waals surface area (Å²) in [7, 11) is 0. The molecule has 1 N–H and O–H groups in total. The fourth-order valence-electron chi connectivity index (χ4n) is 5.29. The van der Waals surface area contributed by atoms with Gasteiger partial charge in [-0.2, -0.15) is 0 Å². The van der Waals surface area contributed by atoms with Gasteiger partial charge >= 0.3 is 0 Å². The van der Waals surface area contributed by atoms with Crippen LogP contribution >= 0.6 is 0 Å². The number of aromatic nitrogens is 1. The number of fused-ring (bicyclic) bond motifs is 1. The number of hydrogen-bond donors (Lipinski definition) is 1. The monoisotopic (exact) mass is 502 g/mol. The first-order valence-corrected chi connectivity index (χ1v) is 14.8. The number of benzene rings is 1. The van der Waals surface area contributed by atoms with Crippen LogP contribution in [0.1, 0.15) is 108 Å². The quantitative estimate of drug-likeness (QED) is 0.125. The summed E-state index contributed by atoms with van der Waals surface area (Å²) >= 11 is 0. The Bertz CT molecular complexity index is 990. The Balaban J connectivity index is 1.19. The summed E-state index contributed by atoms with van der Waals surface area (Å²) in [5.41, 5.74) is 2.69. The van der Waals surface area contributed by atoms with E-state index in [9.17, 15) is 0 Å². The van der Waals surface area contributed by atoms with Crippen molar-refractivity contribution >= 4 is 10.9 Å². The highest BCUT2D eigenvalue weighted by Gasteiger charge is 2.24.